The maximum Gasteiger partial charge on any atom is 0.0499 e. The Morgan fingerprint density at radius 1 is 1.00 bits per heavy atom. The molecule has 138 valence electrons. The van der Waals surface area contributed by atoms with E-state index in [0.29, 0.717) is 0 Å². The number of hydrogen-bond donors (Lipinski definition) is 1. The largest absolute Gasteiger partial charge is 0.361 e. The number of fused-ring (bicyclic) bond motifs is 1. The molecule has 0 bridgehead atoms. The first kappa shape index (κ1) is 20.3. The van der Waals surface area contributed by atoms with Crippen molar-refractivity contribution in [2.24, 2.45) is 0 Å². The highest BCUT2D eigenvalue weighted by atomic mass is 35.5. The summed E-state index contributed by atoms with van der Waals surface area (Å²) in [5, 5.41) is 1.28. The van der Waals surface area contributed by atoms with Crippen LogP contribution in [0.25, 0.3) is 17.0 Å². The molecule has 3 aromatic rings. The second kappa shape index (κ2) is 8.57. The van der Waals surface area contributed by atoms with Crippen LogP contribution in [0, 0.1) is 0 Å². The first-order chi connectivity index (χ1) is 11.9. The number of benzene rings is 2. The molecule has 0 spiro atoms. The van der Waals surface area contributed by atoms with Gasteiger partial charge in [-0.15, -0.1) is 12.4 Å². The van der Waals surface area contributed by atoms with E-state index in [0.717, 1.165) is 13.1 Å². The molecule has 0 radical (unpaired) electrons. The van der Waals surface area contributed by atoms with Gasteiger partial charge >= 0.3 is 0 Å². The predicted octanol–water partition coefficient (Wildman–Crippen LogP) is 6.03. The number of aromatic amines is 1. The second-order valence-corrected chi connectivity index (χ2v) is 7.83. The Kier molecular flexibility index (Phi) is 6.69. The highest BCUT2D eigenvalue weighted by molar-refractivity contribution is 5.85. The van der Waals surface area contributed by atoms with Gasteiger partial charge < -0.3 is 4.98 Å². The van der Waals surface area contributed by atoms with Crippen LogP contribution < -0.4 is 0 Å². The summed E-state index contributed by atoms with van der Waals surface area (Å²) in [4.78, 5) is 5.68. The maximum absolute atomic E-state index is 3.35. The molecular weight excluding hydrogens is 340 g/mol. The molecule has 0 aliphatic heterocycles. The van der Waals surface area contributed by atoms with Crippen molar-refractivity contribution < 1.29 is 0 Å². The summed E-state index contributed by atoms with van der Waals surface area (Å²) in [7, 11) is 2.16. The van der Waals surface area contributed by atoms with Gasteiger partial charge in [-0.3, -0.25) is 4.90 Å². The number of H-pyrrole nitrogens is 1. The van der Waals surface area contributed by atoms with Crippen molar-refractivity contribution in [3.8, 4) is 0 Å². The van der Waals surface area contributed by atoms with Gasteiger partial charge in [-0.2, -0.15) is 0 Å². The zero-order valence-corrected chi connectivity index (χ0v) is 16.9. The van der Waals surface area contributed by atoms with E-state index in [1.807, 2.05) is 6.20 Å². The number of rotatable bonds is 5. The molecule has 0 fully saturated rings. The minimum absolute atomic E-state index is 0. The van der Waals surface area contributed by atoms with Crippen LogP contribution in [0.2, 0.25) is 0 Å². The molecular formula is C23H29ClN2. The fraction of sp³-hybridized carbons (Fsp3) is 0.304. The fourth-order valence-corrected chi connectivity index (χ4v) is 3.10. The Morgan fingerprint density at radius 2 is 1.73 bits per heavy atom. The van der Waals surface area contributed by atoms with E-state index in [4.69, 9.17) is 0 Å². The molecule has 3 heteroatoms. The molecule has 1 N–H and O–H groups in total. The highest BCUT2D eigenvalue weighted by Crippen LogP contribution is 2.22. The van der Waals surface area contributed by atoms with Crippen LogP contribution in [0.15, 0.2) is 60.8 Å². The SMILES string of the molecule is CN(C/C=C/c1ccc(C(C)(C)C)cc1)Cc1cccc2cc[nH]c12.Cl. The molecule has 26 heavy (non-hydrogen) atoms. The first-order valence-electron chi connectivity index (χ1n) is 8.94. The van der Waals surface area contributed by atoms with Crippen LogP contribution in [-0.2, 0) is 12.0 Å². The smallest absolute Gasteiger partial charge is 0.0499 e. The van der Waals surface area contributed by atoms with Crippen molar-refractivity contribution in [2.45, 2.75) is 32.7 Å². The molecule has 2 aromatic carbocycles. The van der Waals surface area contributed by atoms with Crippen molar-refractivity contribution in [2.75, 3.05) is 13.6 Å². The van der Waals surface area contributed by atoms with Gasteiger partial charge in [0.15, 0.2) is 0 Å². The Labute approximate surface area is 163 Å². The van der Waals surface area contributed by atoms with E-state index in [1.165, 1.54) is 27.6 Å². The van der Waals surface area contributed by atoms with E-state index < -0.39 is 0 Å². The molecule has 1 aromatic heterocycles. The van der Waals surface area contributed by atoms with Crippen LogP contribution in [0.1, 0.15) is 37.5 Å². The van der Waals surface area contributed by atoms with Gasteiger partial charge in [0.05, 0.1) is 0 Å². The van der Waals surface area contributed by atoms with Crippen molar-refractivity contribution in [3.63, 3.8) is 0 Å². The third kappa shape index (κ3) is 5.00. The lowest BCUT2D eigenvalue weighted by molar-refractivity contribution is 0.365. The van der Waals surface area contributed by atoms with Crippen molar-refractivity contribution in [3.05, 3.63) is 77.5 Å². The van der Waals surface area contributed by atoms with Gasteiger partial charge in [-0.05, 0) is 40.6 Å². The van der Waals surface area contributed by atoms with E-state index >= 15 is 0 Å². The van der Waals surface area contributed by atoms with E-state index in [2.05, 4.69) is 98.4 Å². The molecule has 0 amide bonds. The molecule has 3 rings (SSSR count). The third-order valence-corrected chi connectivity index (χ3v) is 4.62. The summed E-state index contributed by atoms with van der Waals surface area (Å²) in [6.45, 7) is 8.61. The Bertz CT molecular complexity index is 854. The normalized spacial score (nSPS) is 12.0. The third-order valence-electron chi connectivity index (χ3n) is 4.62. The first-order valence-corrected chi connectivity index (χ1v) is 8.94. The summed E-state index contributed by atoms with van der Waals surface area (Å²) >= 11 is 0. The Morgan fingerprint density at radius 3 is 2.42 bits per heavy atom. The van der Waals surface area contributed by atoms with Crippen LogP contribution >= 0.6 is 12.4 Å². The molecule has 0 atom stereocenters. The summed E-state index contributed by atoms with van der Waals surface area (Å²) in [5.74, 6) is 0. The predicted molar refractivity (Wildman–Crippen MR) is 116 cm³/mol. The molecule has 1 heterocycles. The van der Waals surface area contributed by atoms with Gasteiger partial charge in [-0.1, -0.05) is 75.4 Å². The van der Waals surface area contributed by atoms with Gasteiger partial charge in [0.2, 0.25) is 0 Å². The van der Waals surface area contributed by atoms with E-state index in [1.54, 1.807) is 0 Å². The number of nitrogens with one attached hydrogen (secondary N) is 1. The van der Waals surface area contributed by atoms with Gasteiger partial charge in [0.1, 0.15) is 0 Å². The summed E-state index contributed by atoms with van der Waals surface area (Å²) in [6.07, 6.45) is 6.45. The number of hydrogen-bond acceptors (Lipinski definition) is 1. The lowest BCUT2D eigenvalue weighted by Crippen LogP contribution is -2.17. The number of likely N-dealkylation sites (N-methyl/N-ethyl adjacent to an activating group) is 1. The molecule has 0 aliphatic carbocycles. The second-order valence-electron chi connectivity index (χ2n) is 7.83. The minimum Gasteiger partial charge on any atom is -0.361 e. The highest BCUT2D eigenvalue weighted by Gasteiger charge is 2.12. The average Bonchev–Trinajstić information content (AvgIpc) is 3.04. The number of para-hydroxylation sites is 1. The zero-order chi connectivity index (χ0) is 17.9. The lowest BCUT2D eigenvalue weighted by atomic mass is 9.87. The standard InChI is InChI=1S/C23H28N2.ClH/c1-23(2,3)21-12-10-18(11-13-21)7-6-16-25(4)17-20-9-5-8-19-14-15-24-22(19)20;/h5-15,24H,16-17H2,1-4H3;1H/b7-6+;. The fourth-order valence-electron chi connectivity index (χ4n) is 3.10. The molecule has 0 unspecified atom stereocenters. The molecule has 2 nitrogen and oxygen atoms in total. The number of halogens is 1. The summed E-state index contributed by atoms with van der Waals surface area (Å²) in [5.41, 5.74) is 5.43. The van der Waals surface area contributed by atoms with E-state index in [-0.39, 0.29) is 17.8 Å². The number of nitrogens with zero attached hydrogens (tertiary/aromatic N) is 1. The van der Waals surface area contributed by atoms with Crippen molar-refractivity contribution >= 4 is 29.4 Å². The summed E-state index contributed by atoms with van der Waals surface area (Å²) in [6, 6.07) is 17.5. The van der Waals surface area contributed by atoms with Gasteiger partial charge in [-0.25, -0.2) is 0 Å². The number of aromatic nitrogens is 1. The van der Waals surface area contributed by atoms with Crippen molar-refractivity contribution in [1.82, 2.24) is 9.88 Å². The topological polar surface area (TPSA) is 19.0 Å². The maximum atomic E-state index is 3.35. The van der Waals surface area contributed by atoms with Crippen LogP contribution in [-0.4, -0.2) is 23.5 Å². The van der Waals surface area contributed by atoms with Crippen molar-refractivity contribution in [1.29, 1.82) is 0 Å². The average molecular weight is 369 g/mol. The summed E-state index contributed by atoms with van der Waals surface area (Å²) < 4.78 is 0. The monoisotopic (exact) mass is 368 g/mol. The van der Waals surface area contributed by atoms with Crippen LogP contribution in [0.5, 0.6) is 0 Å². The molecule has 0 aliphatic rings. The quantitative estimate of drug-likeness (QED) is 0.582. The minimum atomic E-state index is 0. The molecule has 0 saturated carbocycles. The lowest BCUT2D eigenvalue weighted by Gasteiger charge is -2.18. The Hall–Kier alpha value is -2.03. The van der Waals surface area contributed by atoms with E-state index in [9.17, 15) is 0 Å². The van der Waals surface area contributed by atoms with Crippen LogP contribution in [0.4, 0.5) is 0 Å². The van der Waals surface area contributed by atoms with Gasteiger partial charge in [0, 0.05) is 24.8 Å². The van der Waals surface area contributed by atoms with Gasteiger partial charge in [0.25, 0.3) is 0 Å². The molecule has 0 saturated heterocycles. The van der Waals surface area contributed by atoms with Crippen LogP contribution in [0.3, 0.4) is 0 Å². The zero-order valence-electron chi connectivity index (χ0n) is 16.1. The Balaban J connectivity index is 0.00000243.